The van der Waals surface area contributed by atoms with Gasteiger partial charge in [0, 0.05) is 25.7 Å². The smallest absolute Gasteiger partial charge is 0.273 e. The minimum absolute atomic E-state index is 0.0568. The molecule has 0 unspecified atom stereocenters. The van der Waals surface area contributed by atoms with Gasteiger partial charge in [0.15, 0.2) is 0 Å². The fourth-order valence-corrected chi connectivity index (χ4v) is 5.81. The van der Waals surface area contributed by atoms with Crippen LogP contribution in [0.1, 0.15) is 55.6 Å². The van der Waals surface area contributed by atoms with E-state index in [0.717, 1.165) is 32.5 Å². The number of likely N-dealkylation sites (tertiary alicyclic amines) is 1. The van der Waals surface area contributed by atoms with Gasteiger partial charge < -0.3 is 4.90 Å². The number of nitrogens with zero attached hydrogens (tertiary/aromatic N) is 3. The van der Waals surface area contributed by atoms with Gasteiger partial charge in [-0.05, 0) is 42.7 Å². The lowest BCUT2D eigenvalue weighted by molar-refractivity contribution is -0.129. The third-order valence-electron chi connectivity index (χ3n) is 7.51. The van der Waals surface area contributed by atoms with Crippen LogP contribution in [0.15, 0.2) is 65.7 Å². The molecule has 30 heavy (non-hydrogen) atoms. The van der Waals surface area contributed by atoms with Crippen molar-refractivity contribution in [3.05, 3.63) is 71.8 Å². The molecule has 2 fully saturated rings. The molecule has 0 N–H and O–H groups in total. The molecule has 1 aliphatic carbocycles. The topological polar surface area (TPSA) is 35.9 Å². The van der Waals surface area contributed by atoms with Gasteiger partial charge in [0.25, 0.3) is 5.91 Å². The summed E-state index contributed by atoms with van der Waals surface area (Å²) in [5.74, 6) is 0.672. The van der Waals surface area contributed by atoms with Crippen molar-refractivity contribution in [1.29, 1.82) is 0 Å². The highest BCUT2D eigenvalue weighted by atomic mass is 16.2. The number of benzene rings is 2. The summed E-state index contributed by atoms with van der Waals surface area (Å²) < 4.78 is 0. The summed E-state index contributed by atoms with van der Waals surface area (Å²) >= 11 is 0. The Bertz CT molecular complexity index is 887. The van der Waals surface area contributed by atoms with Gasteiger partial charge in [-0.3, -0.25) is 9.69 Å². The maximum atomic E-state index is 12.9. The molecule has 2 aliphatic heterocycles. The Labute approximate surface area is 179 Å². The third-order valence-corrected chi connectivity index (χ3v) is 7.51. The van der Waals surface area contributed by atoms with Crippen LogP contribution in [-0.4, -0.2) is 46.7 Å². The molecule has 2 aromatic carbocycles. The highest BCUT2D eigenvalue weighted by Gasteiger charge is 2.49. The predicted molar refractivity (Wildman–Crippen MR) is 120 cm³/mol. The summed E-state index contributed by atoms with van der Waals surface area (Å²) in [5.41, 5.74) is 2.27. The summed E-state index contributed by atoms with van der Waals surface area (Å²) in [6.45, 7) is 2.72. The van der Waals surface area contributed by atoms with Gasteiger partial charge in [0.1, 0.15) is 5.54 Å². The molecule has 1 spiro atoms. The van der Waals surface area contributed by atoms with E-state index in [9.17, 15) is 4.79 Å². The van der Waals surface area contributed by atoms with Crippen LogP contribution in [0.25, 0.3) is 0 Å². The lowest BCUT2D eigenvalue weighted by Gasteiger charge is -2.48. The minimum Gasteiger partial charge on any atom is -0.343 e. The summed E-state index contributed by atoms with van der Waals surface area (Å²) in [6, 6.07) is 22.1. The summed E-state index contributed by atoms with van der Waals surface area (Å²) in [6.07, 6.45) is 8.72. The zero-order valence-corrected chi connectivity index (χ0v) is 17.6. The molecular formula is C26H31N3O. The molecule has 2 heterocycles. The van der Waals surface area contributed by atoms with Crippen molar-refractivity contribution in [2.75, 3.05) is 13.1 Å². The highest BCUT2D eigenvalue weighted by Crippen LogP contribution is 2.40. The lowest BCUT2D eigenvalue weighted by Crippen LogP contribution is -2.58. The molecule has 2 aromatic rings. The van der Waals surface area contributed by atoms with Gasteiger partial charge in [-0.2, -0.15) is 0 Å². The van der Waals surface area contributed by atoms with Crippen molar-refractivity contribution in [2.24, 2.45) is 4.99 Å². The lowest BCUT2D eigenvalue weighted by atomic mass is 9.77. The molecule has 0 radical (unpaired) electrons. The number of hydrogen-bond donors (Lipinski definition) is 0. The molecule has 1 amide bonds. The van der Waals surface area contributed by atoms with Crippen molar-refractivity contribution in [2.45, 2.75) is 62.6 Å². The Morgan fingerprint density at radius 3 is 2.30 bits per heavy atom. The molecule has 4 heteroatoms. The molecule has 4 nitrogen and oxygen atoms in total. The number of carbonyl (C=O) groups is 1. The van der Waals surface area contributed by atoms with Crippen LogP contribution in [0.5, 0.6) is 0 Å². The van der Waals surface area contributed by atoms with Crippen molar-refractivity contribution >= 4 is 12.2 Å². The molecule has 0 bridgehead atoms. The van der Waals surface area contributed by atoms with Crippen LogP contribution in [0, 0.1) is 0 Å². The second kappa shape index (κ2) is 8.35. The van der Waals surface area contributed by atoms with Gasteiger partial charge in [-0.25, -0.2) is 4.99 Å². The standard InChI is InChI=1S/C26H31N3O/c30-25-26(29(20-27-25)19-21-9-3-1-4-10-21)15-17-28(18-16-26)24-14-8-7-13-23(24)22-11-5-2-6-12-22/h1-6,9-12,20,23-24H,7-8,13-19H2/t23-,24-/m0/s1. The van der Waals surface area contributed by atoms with Gasteiger partial charge in [-0.1, -0.05) is 73.5 Å². The monoisotopic (exact) mass is 401 g/mol. The van der Waals surface area contributed by atoms with Crippen molar-refractivity contribution < 1.29 is 4.79 Å². The summed E-state index contributed by atoms with van der Waals surface area (Å²) in [7, 11) is 0. The minimum atomic E-state index is -0.441. The second-order valence-electron chi connectivity index (χ2n) is 9.10. The molecule has 1 saturated heterocycles. The van der Waals surface area contributed by atoms with E-state index in [1.807, 2.05) is 6.07 Å². The summed E-state index contributed by atoms with van der Waals surface area (Å²) in [5, 5.41) is 0. The first-order chi connectivity index (χ1) is 14.8. The number of amides is 1. The Hall–Kier alpha value is -2.46. The van der Waals surface area contributed by atoms with E-state index >= 15 is 0 Å². The Balaban J connectivity index is 1.30. The molecule has 5 rings (SSSR count). The largest absolute Gasteiger partial charge is 0.343 e. The molecule has 156 valence electrons. The van der Waals surface area contributed by atoms with E-state index in [-0.39, 0.29) is 5.91 Å². The van der Waals surface area contributed by atoms with Crippen LogP contribution in [-0.2, 0) is 11.3 Å². The molecular weight excluding hydrogens is 370 g/mol. The summed E-state index contributed by atoms with van der Waals surface area (Å²) in [4.78, 5) is 22.0. The zero-order chi connectivity index (χ0) is 20.4. The quantitative estimate of drug-likeness (QED) is 0.750. The Kier molecular flexibility index (Phi) is 5.43. The van der Waals surface area contributed by atoms with Gasteiger partial charge in [0.2, 0.25) is 0 Å². The fourth-order valence-electron chi connectivity index (χ4n) is 5.81. The zero-order valence-electron chi connectivity index (χ0n) is 17.6. The van der Waals surface area contributed by atoms with E-state index in [4.69, 9.17) is 0 Å². The maximum Gasteiger partial charge on any atom is 0.273 e. The highest BCUT2D eigenvalue weighted by molar-refractivity contribution is 5.98. The molecule has 0 aromatic heterocycles. The van der Waals surface area contributed by atoms with Gasteiger partial charge in [-0.15, -0.1) is 0 Å². The average Bonchev–Trinajstić information content (AvgIpc) is 3.10. The number of carbonyl (C=O) groups excluding carboxylic acids is 1. The number of aliphatic imine (C=N–C) groups is 1. The number of piperidine rings is 1. The molecule has 3 aliphatic rings. The first kappa shape index (κ1) is 19.5. The van der Waals surface area contributed by atoms with E-state index < -0.39 is 5.54 Å². The van der Waals surface area contributed by atoms with E-state index in [1.54, 1.807) is 6.34 Å². The first-order valence-corrected chi connectivity index (χ1v) is 11.4. The van der Waals surface area contributed by atoms with Gasteiger partial charge >= 0.3 is 0 Å². The Morgan fingerprint density at radius 1 is 0.900 bits per heavy atom. The SMILES string of the molecule is O=C1N=CN(Cc2ccccc2)C12CCN([C@H]1CCCC[C@H]1c1ccccc1)CC2. The number of hydrogen-bond acceptors (Lipinski definition) is 3. The van der Waals surface area contributed by atoms with Gasteiger partial charge in [0.05, 0.1) is 6.34 Å². The third kappa shape index (κ3) is 3.58. The van der Waals surface area contributed by atoms with Crippen LogP contribution in [0.2, 0.25) is 0 Å². The fraction of sp³-hybridized carbons (Fsp3) is 0.462. The van der Waals surface area contributed by atoms with E-state index in [1.165, 1.54) is 36.8 Å². The molecule has 2 atom stereocenters. The first-order valence-electron chi connectivity index (χ1n) is 11.4. The number of rotatable bonds is 4. The predicted octanol–water partition coefficient (Wildman–Crippen LogP) is 4.62. The molecule has 1 saturated carbocycles. The Morgan fingerprint density at radius 2 is 1.57 bits per heavy atom. The van der Waals surface area contributed by atoms with Crippen molar-refractivity contribution in [3.63, 3.8) is 0 Å². The van der Waals surface area contributed by atoms with Crippen molar-refractivity contribution in [1.82, 2.24) is 9.80 Å². The normalized spacial score (nSPS) is 26.4. The maximum absolute atomic E-state index is 12.9. The van der Waals surface area contributed by atoms with Crippen molar-refractivity contribution in [3.8, 4) is 0 Å². The van der Waals surface area contributed by atoms with Crippen LogP contribution in [0.4, 0.5) is 0 Å². The average molecular weight is 402 g/mol. The van der Waals surface area contributed by atoms with Crippen LogP contribution in [0.3, 0.4) is 0 Å². The van der Waals surface area contributed by atoms with Crippen LogP contribution >= 0.6 is 0 Å². The second-order valence-corrected chi connectivity index (χ2v) is 9.10. The van der Waals surface area contributed by atoms with E-state index in [0.29, 0.717) is 12.0 Å². The van der Waals surface area contributed by atoms with Crippen LogP contribution < -0.4 is 0 Å². The van der Waals surface area contributed by atoms with E-state index in [2.05, 4.69) is 69.4 Å².